The lowest BCUT2D eigenvalue weighted by Gasteiger charge is -2.05. The van der Waals surface area contributed by atoms with Crippen molar-refractivity contribution < 1.29 is 0 Å². The Kier molecular flexibility index (Phi) is 15.9. The van der Waals surface area contributed by atoms with Crippen LogP contribution in [0.5, 0.6) is 0 Å². The van der Waals surface area contributed by atoms with Gasteiger partial charge in [-0.15, -0.1) is 0 Å². The average molecular weight is 347 g/mol. The molecule has 0 aliphatic rings. The van der Waals surface area contributed by atoms with E-state index in [1.54, 1.807) is 0 Å². The molecule has 0 saturated carbocycles. The second-order valence-electron chi connectivity index (χ2n) is 7.40. The Labute approximate surface area is 157 Å². The van der Waals surface area contributed by atoms with Crippen LogP contribution in [0.25, 0.3) is 0 Å². The molecule has 0 aliphatic heterocycles. The van der Waals surface area contributed by atoms with Gasteiger partial charge in [0.2, 0.25) is 0 Å². The van der Waals surface area contributed by atoms with E-state index in [0.717, 1.165) is 19.6 Å². The van der Waals surface area contributed by atoms with Gasteiger partial charge in [-0.1, -0.05) is 107 Å². The fraction of sp³-hybridized carbons (Fsp3) is 0.739. The lowest BCUT2D eigenvalue weighted by atomic mass is 10.0. The maximum absolute atomic E-state index is 5.51. The zero-order valence-electron chi connectivity index (χ0n) is 16.5. The molecule has 0 atom stereocenters. The van der Waals surface area contributed by atoms with Crippen molar-refractivity contribution in [1.29, 1.82) is 0 Å². The minimum Gasteiger partial charge on any atom is -0.330 e. The molecule has 0 spiro atoms. The number of nitrogens with two attached hydrogens (primary N) is 1. The normalized spacial score (nSPS) is 11.1. The van der Waals surface area contributed by atoms with E-state index in [1.807, 2.05) is 0 Å². The smallest absolute Gasteiger partial charge is 0.0205 e. The van der Waals surface area contributed by atoms with Gasteiger partial charge in [0.1, 0.15) is 0 Å². The Morgan fingerprint density at radius 3 is 1.48 bits per heavy atom. The molecule has 1 rings (SSSR count). The van der Waals surface area contributed by atoms with Gasteiger partial charge in [0, 0.05) is 6.54 Å². The summed E-state index contributed by atoms with van der Waals surface area (Å²) in [5.41, 5.74) is 6.90. The Morgan fingerprint density at radius 1 is 0.560 bits per heavy atom. The average Bonchev–Trinajstić information content (AvgIpc) is 2.65. The first-order valence-electron chi connectivity index (χ1n) is 10.9. The number of benzene rings is 1. The van der Waals surface area contributed by atoms with Crippen molar-refractivity contribution in [2.75, 3.05) is 13.1 Å². The summed E-state index contributed by atoms with van der Waals surface area (Å²) in [5, 5.41) is 3.54. The van der Waals surface area contributed by atoms with E-state index in [0.29, 0.717) is 0 Å². The maximum Gasteiger partial charge on any atom is 0.0205 e. The molecule has 0 aromatic heterocycles. The van der Waals surface area contributed by atoms with Crippen LogP contribution in [0, 0.1) is 0 Å². The van der Waals surface area contributed by atoms with Gasteiger partial charge >= 0.3 is 0 Å². The molecule has 3 N–H and O–H groups in total. The van der Waals surface area contributed by atoms with Crippen molar-refractivity contribution in [1.82, 2.24) is 5.32 Å². The van der Waals surface area contributed by atoms with Crippen molar-refractivity contribution in [3.05, 3.63) is 35.9 Å². The summed E-state index contributed by atoms with van der Waals surface area (Å²) in [7, 11) is 0. The highest BCUT2D eigenvalue weighted by Gasteiger charge is 1.95. The van der Waals surface area contributed by atoms with E-state index in [9.17, 15) is 0 Å². The summed E-state index contributed by atoms with van der Waals surface area (Å²) in [4.78, 5) is 0. The van der Waals surface area contributed by atoms with Crippen LogP contribution < -0.4 is 11.1 Å². The maximum atomic E-state index is 5.51. The van der Waals surface area contributed by atoms with Crippen LogP contribution in [0.4, 0.5) is 0 Å². The molecule has 0 bridgehead atoms. The van der Waals surface area contributed by atoms with Crippen LogP contribution in [0.1, 0.15) is 95.5 Å². The summed E-state index contributed by atoms with van der Waals surface area (Å²) in [6, 6.07) is 10.7. The zero-order chi connectivity index (χ0) is 17.8. The number of rotatable bonds is 18. The molecule has 1 aromatic rings. The largest absolute Gasteiger partial charge is 0.330 e. The SMILES string of the molecule is NCCCCCCCCCCCCCCCCNCc1ccccc1. The van der Waals surface area contributed by atoms with Crippen LogP contribution in [0.3, 0.4) is 0 Å². The van der Waals surface area contributed by atoms with E-state index >= 15 is 0 Å². The lowest BCUT2D eigenvalue weighted by Crippen LogP contribution is -2.14. The summed E-state index contributed by atoms with van der Waals surface area (Å²) in [5.74, 6) is 0. The summed E-state index contributed by atoms with van der Waals surface area (Å²) in [6.45, 7) is 3.03. The highest BCUT2D eigenvalue weighted by molar-refractivity contribution is 5.14. The predicted molar refractivity (Wildman–Crippen MR) is 112 cm³/mol. The van der Waals surface area contributed by atoms with Crippen LogP contribution in [0.15, 0.2) is 30.3 Å². The minimum absolute atomic E-state index is 0.865. The second-order valence-corrected chi connectivity index (χ2v) is 7.40. The molecule has 0 aliphatic carbocycles. The fourth-order valence-corrected chi connectivity index (χ4v) is 3.34. The first-order chi connectivity index (χ1) is 12.4. The van der Waals surface area contributed by atoms with Crippen molar-refractivity contribution in [2.24, 2.45) is 5.73 Å². The van der Waals surface area contributed by atoms with Gasteiger partial charge in [-0.3, -0.25) is 0 Å². The topological polar surface area (TPSA) is 38.0 Å². The number of hydrogen-bond acceptors (Lipinski definition) is 2. The van der Waals surface area contributed by atoms with Gasteiger partial charge in [0.25, 0.3) is 0 Å². The Balaban J connectivity index is 1.69. The van der Waals surface area contributed by atoms with E-state index in [1.165, 1.54) is 95.5 Å². The second kappa shape index (κ2) is 17.9. The first kappa shape index (κ1) is 22.2. The van der Waals surface area contributed by atoms with Gasteiger partial charge < -0.3 is 11.1 Å². The van der Waals surface area contributed by atoms with Crippen LogP contribution >= 0.6 is 0 Å². The molecule has 0 heterocycles. The zero-order valence-corrected chi connectivity index (χ0v) is 16.5. The van der Waals surface area contributed by atoms with Gasteiger partial charge in [-0.2, -0.15) is 0 Å². The highest BCUT2D eigenvalue weighted by Crippen LogP contribution is 2.12. The molecule has 1 aromatic carbocycles. The van der Waals surface area contributed by atoms with Gasteiger partial charge in [-0.25, -0.2) is 0 Å². The van der Waals surface area contributed by atoms with Crippen molar-refractivity contribution >= 4 is 0 Å². The van der Waals surface area contributed by atoms with E-state index in [2.05, 4.69) is 35.6 Å². The highest BCUT2D eigenvalue weighted by atomic mass is 14.8. The molecular formula is C23H42N2. The minimum atomic E-state index is 0.865. The monoisotopic (exact) mass is 346 g/mol. The van der Waals surface area contributed by atoms with Crippen LogP contribution in [0.2, 0.25) is 0 Å². The molecule has 2 nitrogen and oxygen atoms in total. The standard InChI is InChI=1S/C23H42N2/c24-20-16-11-9-7-5-3-1-2-4-6-8-10-12-17-21-25-22-23-18-14-13-15-19-23/h13-15,18-19,25H,1-12,16-17,20-22,24H2. The lowest BCUT2D eigenvalue weighted by molar-refractivity contribution is 0.528. The third kappa shape index (κ3) is 15.1. The third-order valence-electron chi connectivity index (χ3n) is 4.98. The number of nitrogens with one attached hydrogen (secondary N) is 1. The molecule has 0 saturated heterocycles. The van der Waals surface area contributed by atoms with Gasteiger partial charge in [-0.05, 0) is 31.5 Å². The summed E-state index contributed by atoms with van der Waals surface area (Å²) >= 11 is 0. The number of unbranched alkanes of at least 4 members (excludes halogenated alkanes) is 13. The van der Waals surface area contributed by atoms with E-state index < -0.39 is 0 Å². The first-order valence-corrected chi connectivity index (χ1v) is 10.9. The summed E-state index contributed by atoms with van der Waals surface area (Å²) < 4.78 is 0. The molecule has 2 heteroatoms. The fourth-order valence-electron chi connectivity index (χ4n) is 3.34. The number of hydrogen-bond donors (Lipinski definition) is 2. The molecule has 0 fully saturated rings. The van der Waals surface area contributed by atoms with Crippen molar-refractivity contribution in [3.63, 3.8) is 0 Å². The van der Waals surface area contributed by atoms with Crippen molar-refractivity contribution in [3.8, 4) is 0 Å². The molecule has 0 radical (unpaired) electrons. The van der Waals surface area contributed by atoms with Gasteiger partial charge in [0.05, 0.1) is 0 Å². The quantitative estimate of drug-likeness (QED) is 0.311. The third-order valence-corrected chi connectivity index (χ3v) is 4.98. The Hall–Kier alpha value is -0.860. The molecular weight excluding hydrogens is 304 g/mol. The predicted octanol–water partition coefficient (Wildman–Crippen LogP) is 6.20. The Bertz CT molecular complexity index is 364. The van der Waals surface area contributed by atoms with Crippen molar-refractivity contribution in [2.45, 2.75) is 96.4 Å². The molecule has 0 amide bonds. The molecule has 0 unspecified atom stereocenters. The van der Waals surface area contributed by atoms with Crippen LogP contribution in [-0.4, -0.2) is 13.1 Å². The molecule has 25 heavy (non-hydrogen) atoms. The van der Waals surface area contributed by atoms with Gasteiger partial charge in [0.15, 0.2) is 0 Å². The summed E-state index contributed by atoms with van der Waals surface area (Å²) in [6.07, 6.45) is 19.5. The Morgan fingerprint density at radius 2 is 1.00 bits per heavy atom. The molecule has 144 valence electrons. The van der Waals surface area contributed by atoms with E-state index in [4.69, 9.17) is 5.73 Å². The van der Waals surface area contributed by atoms with Crippen LogP contribution in [-0.2, 0) is 6.54 Å². The van der Waals surface area contributed by atoms with E-state index in [-0.39, 0.29) is 0 Å².